The van der Waals surface area contributed by atoms with E-state index < -0.39 is 0 Å². The minimum atomic E-state index is 0.343. The minimum Gasteiger partial charge on any atom is -0.290 e. The SMILES string of the molecule is Cc1cncc([C@H]2CCCN2Cc2cn[nH]c2-c2ccccc2)n1. The Hall–Kier alpha value is -2.53. The van der Waals surface area contributed by atoms with Crippen molar-refractivity contribution in [1.29, 1.82) is 0 Å². The highest BCUT2D eigenvalue weighted by atomic mass is 15.2. The fourth-order valence-electron chi connectivity index (χ4n) is 3.50. The highest BCUT2D eigenvalue weighted by Gasteiger charge is 2.28. The number of aromatic nitrogens is 4. The summed E-state index contributed by atoms with van der Waals surface area (Å²) < 4.78 is 0. The molecular formula is C19H21N5. The van der Waals surface area contributed by atoms with Gasteiger partial charge in [0, 0.05) is 24.5 Å². The first kappa shape index (κ1) is 15.0. The Balaban J connectivity index is 1.58. The standard InChI is InChI=1S/C19H21N5/c1-14-10-20-12-17(22-14)18-8-5-9-24(18)13-16-11-21-23-19(16)15-6-3-2-4-7-15/h2-4,6-7,10-12,18H,5,8-9,13H2,1H3,(H,21,23)/t18-/m1/s1. The number of H-pyrrole nitrogens is 1. The van der Waals surface area contributed by atoms with Gasteiger partial charge < -0.3 is 0 Å². The Bertz CT molecular complexity index is 811. The lowest BCUT2D eigenvalue weighted by Crippen LogP contribution is -2.23. The normalized spacial score (nSPS) is 18.1. The summed E-state index contributed by atoms with van der Waals surface area (Å²) in [4.78, 5) is 11.5. The van der Waals surface area contributed by atoms with Crippen LogP contribution in [-0.2, 0) is 6.54 Å². The van der Waals surface area contributed by atoms with Crippen LogP contribution in [0.2, 0.25) is 0 Å². The van der Waals surface area contributed by atoms with Gasteiger partial charge in [-0.2, -0.15) is 5.10 Å². The lowest BCUT2D eigenvalue weighted by molar-refractivity contribution is 0.244. The molecule has 0 radical (unpaired) electrons. The van der Waals surface area contributed by atoms with Crippen LogP contribution in [0.5, 0.6) is 0 Å². The second-order valence-electron chi connectivity index (χ2n) is 6.35. The van der Waals surface area contributed by atoms with Crippen LogP contribution in [0.15, 0.2) is 48.9 Å². The molecule has 0 aliphatic carbocycles. The van der Waals surface area contributed by atoms with Gasteiger partial charge in [-0.15, -0.1) is 0 Å². The molecule has 0 amide bonds. The largest absolute Gasteiger partial charge is 0.290 e. The zero-order valence-corrected chi connectivity index (χ0v) is 13.8. The highest BCUT2D eigenvalue weighted by Crippen LogP contribution is 2.33. The minimum absolute atomic E-state index is 0.343. The van der Waals surface area contributed by atoms with Gasteiger partial charge in [-0.05, 0) is 31.9 Å². The predicted octanol–water partition coefficient (Wildman–Crippen LogP) is 3.51. The van der Waals surface area contributed by atoms with Crippen molar-refractivity contribution < 1.29 is 0 Å². The first-order valence-electron chi connectivity index (χ1n) is 8.41. The Morgan fingerprint density at radius 1 is 1.17 bits per heavy atom. The second-order valence-corrected chi connectivity index (χ2v) is 6.35. The van der Waals surface area contributed by atoms with Crippen molar-refractivity contribution in [2.75, 3.05) is 6.54 Å². The second kappa shape index (κ2) is 6.53. The van der Waals surface area contributed by atoms with Crippen LogP contribution < -0.4 is 0 Å². The maximum Gasteiger partial charge on any atom is 0.0761 e. The van der Waals surface area contributed by atoms with Gasteiger partial charge in [-0.3, -0.25) is 20.0 Å². The van der Waals surface area contributed by atoms with Crippen molar-refractivity contribution >= 4 is 0 Å². The molecule has 0 unspecified atom stereocenters. The molecule has 0 spiro atoms. The van der Waals surface area contributed by atoms with Crippen LogP contribution in [0.4, 0.5) is 0 Å². The molecule has 122 valence electrons. The number of aromatic amines is 1. The number of nitrogens with one attached hydrogen (secondary N) is 1. The molecule has 1 aromatic carbocycles. The zero-order chi connectivity index (χ0) is 16.4. The first-order chi connectivity index (χ1) is 11.8. The molecule has 1 saturated heterocycles. The van der Waals surface area contributed by atoms with Gasteiger partial charge in [0.2, 0.25) is 0 Å². The Labute approximate surface area is 141 Å². The fourth-order valence-corrected chi connectivity index (χ4v) is 3.50. The molecule has 1 N–H and O–H groups in total. The van der Waals surface area contributed by atoms with E-state index in [1.165, 1.54) is 17.5 Å². The molecule has 1 fully saturated rings. The fraction of sp³-hybridized carbons (Fsp3) is 0.316. The molecule has 1 aliphatic heterocycles. The highest BCUT2D eigenvalue weighted by molar-refractivity contribution is 5.62. The summed E-state index contributed by atoms with van der Waals surface area (Å²) in [5, 5.41) is 7.43. The lowest BCUT2D eigenvalue weighted by Gasteiger charge is -2.24. The van der Waals surface area contributed by atoms with Crippen LogP contribution in [0.3, 0.4) is 0 Å². The van der Waals surface area contributed by atoms with Crippen LogP contribution >= 0.6 is 0 Å². The summed E-state index contributed by atoms with van der Waals surface area (Å²) in [5.74, 6) is 0. The summed E-state index contributed by atoms with van der Waals surface area (Å²) in [6.45, 7) is 3.96. The van der Waals surface area contributed by atoms with Crippen molar-refractivity contribution in [3.63, 3.8) is 0 Å². The summed E-state index contributed by atoms with van der Waals surface area (Å²) in [7, 11) is 0. The van der Waals surface area contributed by atoms with Gasteiger partial charge in [0.05, 0.1) is 29.3 Å². The van der Waals surface area contributed by atoms with Gasteiger partial charge in [0.1, 0.15) is 0 Å². The summed E-state index contributed by atoms with van der Waals surface area (Å²) in [5.41, 5.74) is 5.58. The number of benzene rings is 1. The topological polar surface area (TPSA) is 57.7 Å². The maximum atomic E-state index is 4.69. The van der Waals surface area contributed by atoms with Crippen LogP contribution in [-0.4, -0.2) is 31.6 Å². The molecule has 4 rings (SSSR count). The van der Waals surface area contributed by atoms with E-state index in [0.29, 0.717) is 6.04 Å². The quantitative estimate of drug-likeness (QED) is 0.799. The molecule has 24 heavy (non-hydrogen) atoms. The maximum absolute atomic E-state index is 4.69. The molecular weight excluding hydrogens is 298 g/mol. The smallest absolute Gasteiger partial charge is 0.0761 e. The van der Waals surface area contributed by atoms with Gasteiger partial charge in [-0.25, -0.2) is 0 Å². The number of nitrogens with zero attached hydrogens (tertiary/aromatic N) is 4. The van der Waals surface area contributed by atoms with Gasteiger partial charge in [0.25, 0.3) is 0 Å². The van der Waals surface area contributed by atoms with E-state index in [1.54, 1.807) is 0 Å². The number of aryl methyl sites for hydroxylation is 1. The summed E-state index contributed by atoms with van der Waals surface area (Å²) in [6, 6.07) is 10.7. The third-order valence-electron chi connectivity index (χ3n) is 4.63. The third kappa shape index (κ3) is 2.95. The van der Waals surface area contributed by atoms with E-state index in [2.05, 4.69) is 49.3 Å². The van der Waals surface area contributed by atoms with Gasteiger partial charge in [0.15, 0.2) is 0 Å². The number of hydrogen-bond donors (Lipinski definition) is 1. The molecule has 3 heterocycles. The van der Waals surface area contributed by atoms with E-state index >= 15 is 0 Å². The van der Waals surface area contributed by atoms with Crippen LogP contribution in [0, 0.1) is 6.92 Å². The van der Waals surface area contributed by atoms with Crippen LogP contribution in [0.25, 0.3) is 11.3 Å². The first-order valence-corrected chi connectivity index (χ1v) is 8.41. The van der Waals surface area contributed by atoms with Crippen molar-refractivity contribution in [1.82, 2.24) is 25.1 Å². The van der Waals surface area contributed by atoms with Gasteiger partial charge >= 0.3 is 0 Å². The molecule has 5 nitrogen and oxygen atoms in total. The predicted molar refractivity (Wildman–Crippen MR) is 93.2 cm³/mol. The summed E-state index contributed by atoms with van der Waals surface area (Å²) >= 11 is 0. The van der Waals surface area contributed by atoms with Crippen molar-refractivity contribution in [3.8, 4) is 11.3 Å². The zero-order valence-electron chi connectivity index (χ0n) is 13.8. The average molecular weight is 319 g/mol. The van der Waals surface area contributed by atoms with Crippen LogP contribution in [0.1, 0.15) is 35.8 Å². The summed E-state index contributed by atoms with van der Waals surface area (Å²) in [6.07, 6.45) is 7.99. The third-order valence-corrected chi connectivity index (χ3v) is 4.63. The van der Waals surface area contributed by atoms with Crippen molar-refractivity contribution in [2.45, 2.75) is 32.4 Å². The monoisotopic (exact) mass is 319 g/mol. The Kier molecular flexibility index (Phi) is 4.09. The van der Waals surface area contributed by atoms with Gasteiger partial charge in [-0.1, -0.05) is 30.3 Å². The van der Waals surface area contributed by atoms with Crippen molar-refractivity contribution in [3.05, 3.63) is 65.9 Å². The van der Waals surface area contributed by atoms with E-state index in [1.807, 2.05) is 31.6 Å². The Morgan fingerprint density at radius 2 is 2.04 bits per heavy atom. The number of rotatable bonds is 4. The molecule has 0 bridgehead atoms. The van der Waals surface area contributed by atoms with Crippen molar-refractivity contribution in [2.24, 2.45) is 0 Å². The molecule has 1 atom stereocenters. The molecule has 3 aromatic rings. The molecule has 5 heteroatoms. The average Bonchev–Trinajstić information content (AvgIpc) is 3.25. The number of likely N-dealkylation sites (tertiary alicyclic amines) is 1. The number of hydrogen-bond acceptors (Lipinski definition) is 4. The lowest BCUT2D eigenvalue weighted by atomic mass is 10.1. The van der Waals surface area contributed by atoms with E-state index in [4.69, 9.17) is 0 Å². The Morgan fingerprint density at radius 3 is 2.88 bits per heavy atom. The molecule has 1 aliphatic rings. The van der Waals surface area contributed by atoms with E-state index in [9.17, 15) is 0 Å². The molecule has 0 saturated carbocycles. The van der Waals surface area contributed by atoms with E-state index in [-0.39, 0.29) is 0 Å². The van der Waals surface area contributed by atoms with E-state index in [0.717, 1.165) is 36.6 Å². The molecule has 2 aromatic heterocycles.